The first-order valence-electron chi connectivity index (χ1n) is 11.1. The molecule has 1 aliphatic rings. The van der Waals surface area contributed by atoms with Crippen LogP contribution in [0.25, 0.3) is 0 Å². The minimum absolute atomic E-state index is 0.0134. The van der Waals surface area contributed by atoms with Gasteiger partial charge in [-0.25, -0.2) is 0 Å². The second-order valence-electron chi connectivity index (χ2n) is 8.34. The molecular formula is C27H31N3O. The van der Waals surface area contributed by atoms with Crippen molar-refractivity contribution in [1.29, 1.82) is 0 Å². The third kappa shape index (κ3) is 6.03. The summed E-state index contributed by atoms with van der Waals surface area (Å²) in [6.45, 7) is 8.30. The van der Waals surface area contributed by atoms with Crippen LogP contribution in [-0.4, -0.2) is 41.9 Å². The Hall–Kier alpha value is -2.95. The maximum absolute atomic E-state index is 12.6. The SMILES string of the molecule is C[C@H](NC(=O)c1ccc(CN2CCN(Cc3ccccc3)CC2)cc1)c1ccccc1. The number of nitrogens with zero attached hydrogens (tertiary/aromatic N) is 2. The fourth-order valence-electron chi connectivity index (χ4n) is 4.07. The fourth-order valence-corrected chi connectivity index (χ4v) is 4.07. The normalized spacial score (nSPS) is 16.0. The molecular weight excluding hydrogens is 382 g/mol. The number of carbonyl (C=O) groups is 1. The second kappa shape index (κ2) is 10.4. The molecule has 3 aromatic carbocycles. The van der Waals surface area contributed by atoms with E-state index >= 15 is 0 Å². The summed E-state index contributed by atoms with van der Waals surface area (Å²) in [7, 11) is 0. The summed E-state index contributed by atoms with van der Waals surface area (Å²) in [6.07, 6.45) is 0. The average molecular weight is 414 g/mol. The Morgan fingerprint density at radius 3 is 1.77 bits per heavy atom. The van der Waals surface area contributed by atoms with Gasteiger partial charge in [0.15, 0.2) is 0 Å². The van der Waals surface area contributed by atoms with Crippen molar-refractivity contribution in [1.82, 2.24) is 15.1 Å². The van der Waals surface area contributed by atoms with Crippen molar-refractivity contribution >= 4 is 5.91 Å². The molecule has 4 nitrogen and oxygen atoms in total. The highest BCUT2D eigenvalue weighted by atomic mass is 16.1. The van der Waals surface area contributed by atoms with E-state index in [4.69, 9.17) is 0 Å². The van der Waals surface area contributed by atoms with Gasteiger partial charge in [-0.15, -0.1) is 0 Å². The highest BCUT2D eigenvalue weighted by Crippen LogP contribution is 2.15. The van der Waals surface area contributed by atoms with Crippen LogP contribution in [-0.2, 0) is 13.1 Å². The molecule has 0 saturated carbocycles. The lowest BCUT2D eigenvalue weighted by molar-refractivity contribution is 0.0940. The molecule has 1 amide bonds. The van der Waals surface area contributed by atoms with Crippen LogP contribution in [0.15, 0.2) is 84.9 Å². The summed E-state index contributed by atoms with van der Waals surface area (Å²) in [5.41, 5.74) is 4.45. The average Bonchev–Trinajstić information content (AvgIpc) is 2.82. The molecule has 0 unspecified atom stereocenters. The van der Waals surface area contributed by atoms with E-state index in [1.54, 1.807) is 0 Å². The van der Waals surface area contributed by atoms with Gasteiger partial charge in [0.2, 0.25) is 0 Å². The van der Waals surface area contributed by atoms with Gasteiger partial charge < -0.3 is 5.32 Å². The van der Waals surface area contributed by atoms with Crippen molar-refractivity contribution < 1.29 is 4.79 Å². The van der Waals surface area contributed by atoms with Crippen molar-refractivity contribution in [3.8, 4) is 0 Å². The zero-order valence-corrected chi connectivity index (χ0v) is 18.2. The van der Waals surface area contributed by atoms with E-state index in [-0.39, 0.29) is 11.9 Å². The van der Waals surface area contributed by atoms with Crippen LogP contribution < -0.4 is 5.32 Å². The molecule has 0 radical (unpaired) electrons. The summed E-state index contributed by atoms with van der Waals surface area (Å²) in [6, 6.07) is 28.8. The van der Waals surface area contributed by atoms with Gasteiger partial charge >= 0.3 is 0 Å². The molecule has 4 heteroatoms. The molecule has 1 aliphatic heterocycles. The zero-order chi connectivity index (χ0) is 21.5. The third-order valence-electron chi connectivity index (χ3n) is 5.98. The molecule has 4 rings (SSSR count). The van der Waals surface area contributed by atoms with Crippen LogP contribution in [0.1, 0.15) is 40.0 Å². The molecule has 160 valence electrons. The van der Waals surface area contributed by atoms with Crippen molar-refractivity contribution in [2.75, 3.05) is 26.2 Å². The second-order valence-corrected chi connectivity index (χ2v) is 8.34. The van der Waals surface area contributed by atoms with Gasteiger partial charge in [-0.05, 0) is 35.7 Å². The fraction of sp³-hybridized carbons (Fsp3) is 0.296. The number of amides is 1. The molecule has 0 spiro atoms. The third-order valence-corrected chi connectivity index (χ3v) is 5.98. The molecule has 1 atom stereocenters. The highest BCUT2D eigenvalue weighted by molar-refractivity contribution is 5.94. The first kappa shape index (κ1) is 21.3. The van der Waals surface area contributed by atoms with E-state index in [9.17, 15) is 4.79 Å². The lowest BCUT2D eigenvalue weighted by Crippen LogP contribution is -2.45. The number of nitrogens with one attached hydrogen (secondary N) is 1. The minimum Gasteiger partial charge on any atom is -0.346 e. The van der Waals surface area contributed by atoms with Gasteiger partial charge in [0, 0.05) is 44.8 Å². The Bertz CT molecular complexity index is 949. The number of hydrogen-bond donors (Lipinski definition) is 1. The quantitative estimate of drug-likeness (QED) is 0.620. The van der Waals surface area contributed by atoms with Crippen LogP contribution in [0.5, 0.6) is 0 Å². The van der Waals surface area contributed by atoms with Crippen molar-refractivity contribution in [3.05, 3.63) is 107 Å². The maximum Gasteiger partial charge on any atom is 0.251 e. The summed E-state index contributed by atoms with van der Waals surface area (Å²) < 4.78 is 0. The molecule has 1 saturated heterocycles. The van der Waals surface area contributed by atoms with Crippen molar-refractivity contribution in [3.63, 3.8) is 0 Å². The van der Waals surface area contributed by atoms with E-state index in [0.717, 1.165) is 44.8 Å². The monoisotopic (exact) mass is 413 g/mol. The molecule has 31 heavy (non-hydrogen) atoms. The van der Waals surface area contributed by atoms with Gasteiger partial charge in [0.1, 0.15) is 0 Å². The van der Waals surface area contributed by atoms with Crippen LogP contribution >= 0.6 is 0 Å². The van der Waals surface area contributed by atoms with Crippen LogP contribution in [0.4, 0.5) is 0 Å². The van der Waals surface area contributed by atoms with E-state index in [2.05, 4.69) is 57.6 Å². The largest absolute Gasteiger partial charge is 0.346 e. The Labute approximate surface area is 185 Å². The lowest BCUT2D eigenvalue weighted by atomic mass is 10.1. The Kier molecular flexibility index (Phi) is 7.13. The molecule has 1 fully saturated rings. The zero-order valence-electron chi connectivity index (χ0n) is 18.2. The summed E-state index contributed by atoms with van der Waals surface area (Å²) in [5.74, 6) is -0.0302. The van der Waals surface area contributed by atoms with Gasteiger partial charge in [-0.1, -0.05) is 72.8 Å². The van der Waals surface area contributed by atoms with Crippen molar-refractivity contribution in [2.24, 2.45) is 0 Å². The first-order valence-corrected chi connectivity index (χ1v) is 11.1. The van der Waals surface area contributed by atoms with E-state index in [1.807, 2.05) is 49.4 Å². The number of carbonyl (C=O) groups excluding carboxylic acids is 1. The summed E-state index contributed by atoms with van der Waals surface area (Å²) in [4.78, 5) is 17.6. The molecule has 1 N–H and O–H groups in total. The number of hydrogen-bond acceptors (Lipinski definition) is 3. The Morgan fingerprint density at radius 2 is 1.23 bits per heavy atom. The molecule has 3 aromatic rings. The van der Waals surface area contributed by atoms with E-state index in [0.29, 0.717) is 5.56 Å². The van der Waals surface area contributed by atoms with Crippen LogP contribution in [0, 0.1) is 0 Å². The molecule has 0 aliphatic carbocycles. The van der Waals surface area contributed by atoms with Crippen molar-refractivity contribution in [2.45, 2.75) is 26.1 Å². The number of rotatable bonds is 7. The van der Waals surface area contributed by atoms with Gasteiger partial charge in [-0.2, -0.15) is 0 Å². The molecule has 1 heterocycles. The van der Waals surface area contributed by atoms with Gasteiger partial charge in [-0.3, -0.25) is 14.6 Å². The van der Waals surface area contributed by atoms with Crippen LogP contribution in [0.2, 0.25) is 0 Å². The van der Waals surface area contributed by atoms with Gasteiger partial charge in [0.05, 0.1) is 6.04 Å². The lowest BCUT2D eigenvalue weighted by Gasteiger charge is -2.34. The standard InChI is InChI=1S/C27H31N3O/c1-22(25-10-6-3-7-11-25)28-27(31)26-14-12-24(13-15-26)21-30-18-16-29(17-19-30)20-23-8-4-2-5-9-23/h2-15,22H,16-21H2,1H3,(H,28,31)/t22-/m0/s1. The van der Waals surface area contributed by atoms with Gasteiger partial charge in [0.25, 0.3) is 5.91 Å². The maximum atomic E-state index is 12.6. The number of piperazine rings is 1. The summed E-state index contributed by atoms with van der Waals surface area (Å²) >= 11 is 0. The molecule has 0 aromatic heterocycles. The number of benzene rings is 3. The molecule has 0 bridgehead atoms. The Balaban J connectivity index is 1.25. The van der Waals surface area contributed by atoms with E-state index in [1.165, 1.54) is 11.1 Å². The topological polar surface area (TPSA) is 35.6 Å². The smallest absolute Gasteiger partial charge is 0.251 e. The predicted molar refractivity (Wildman–Crippen MR) is 126 cm³/mol. The van der Waals surface area contributed by atoms with Crippen LogP contribution in [0.3, 0.4) is 0 Å². The first-order chi connectivity index (χ1) is 15.2. The summed E-state index contributed by atoms with van der Waals surface area (Å²) in [5, 5.41) is 3.08. The Morgan fingerprint density at radius 1 is 0.742 bits per heavy atom. The highest BCUT2D eigenvalue weighted by Gasteiger charge is 2.17. The minimum atomic E-state index is -0.0302. The predicted octanol–water partition coefficient (Wildman–Crippen LogP) is 4.50. The van der Waals surface area contributed by atoms with E-state index < -0.39 is 0 Å².